The average Bonchev–Trinajstić information content (AvgIpc) is 2.11. The van der Waals surface area contributed by atoms with Crippen molar-refractivity contribution in [2.75, 3.05) is 0 Å². The molecule has 0 amide bonds. The van der Waals surface area contributed by atoms with Crippen molar-refractivity contribution in [3.63, 3.8) is 0 Å². The Hall–Kier alpha value is 0.0300. The second-order valence-corrected chi connectivity index (χ2v) is 5.41. The Morgan fingerprint density at radius 1 is 0.700 bits per heavy atom. The largest absolute Gasteiger partial charge is 0.431 e. The van der Waals surface area contributed by atoms with Gasteiger partial charge in [-0.05, 0) is 22.6 Å². The predicted molar refractivity (Wildman–Crippen MR) is 58.5 cm³/mol. The molecule has 20 heavy (non-hydrogen) atoms. The lowest BCUT2D eigenvalue weighted by atomic mass is 9.94. The highest BCUT2D eigenvalue weighted by atomic mass is 127. The standard InChI is InChI=1S/C9H9F10I/c10-4(2-6(12)20)1-5(11)3-7(13,8(14,15)16)9(17,18)19/h4-6H,1-3H2. The molecule has 3 unspecified atom stereocenters. The third kappa shape index (κ3) is 5.43. The summed E-state index contributed by atoms with van der Waals surface area (Å²) in [7, 11) is 0. The van der Waals surface area contributed by atoms with E-state index in [1.807, 2.05) is 0 Å². The molecular formula is C9H9F10I. The smallest absolute Gasteiger partial charge is 0.247 e. The Bertz CT molecular complexity index is 282. The molecule has 0 bridgehead atoms. The Morgan fingerprint density at radius 2 is 1.10 bits per heavy atom. The van der Waals surface area contributed by atoms with E-state index in [9.17, 15) is 43.9 Å². The van der Waals surface area contributed by atoms with Gasteiger partial charge in [-0.3, -0.25) is 0 Å². The molecule has 0 aliphatic carbocycles. The molecule has 0 aliphatic rings. The lowest BCUT2D eigenvalue weighted by molar-refractivity contribution is -0.346. The zero-order valence-electron chi connectivity index (χ0n) is 9.51. The predicted octanol–water partition coefficient (Wildman–Crippen LogP) is 5.40. The van der Waals surface area contributed by atoms with Gasteiger partial charge in [-0.2, -0.15) is 26.3 Å². The summed E-state index contributed by atoms with van der Waals surface area (Å²) in [5, 5.41) is 0. The first-order chi connectivity index (χ1) is 8.70. The summed E-state index contributed by atoms with van der Waals surface area (Å²) in [4.78, 5) is 0. The van der Waals surface area contributed by atoms with Gasteiger partial charge in [-0.1, -0.05) is 0 Å². The molecule has 0 saturated heterocycles. The Labute approximate surface area is 121 Å². The van der Waals surface area contributed by atoms with Gasteiger partial charge in [0.15, 0.2) is 4.18 Å². The van der Waals surface area contributed by atoms with Crippen molar-refractivity contribution in [2.24, 2.45) is 0 Å². The maximum absolute atomic E-state index is 13.1. The minimum Gasteiger partial charge on any atom is -0.247 e. The van der Waals surface area contributed by atoms with Gasteiger partial charge in [0.25, 0.3) is 0 Å². The lowest BCUT2D eigenvalue weighted by Gasteiger charge is -2.31. The monoisotopic (exact) mass is 434 g/mol. The van der Waals surface area contributed by atoms with Gasteiger partial charge in [-0.25, -0.2) is 17.6 Å². The summed E-state index contributed by atoms with van der Waals surface area (Å²) < 4.78 is 122. The van der Waals surface area contributed by atoms with Crippen LogP contribution in [0.5, 0.6) is 0 Å². The van der Waals surface area contributed by atoms with Crippen LogP contribution in [0.15, 0.2) is 0 Å². The van der Waals surface area contributed by atoms with Gasteiger partial charge in [0.1, 0.15) is 12.3 Å². The van der Waals surface area contributed by atoms with Crippen LogP contribution in [-0.4, -0.2) is 34.5 Å². The number of hydrogen-bond donors (Lipinski definition) is 0. The van der Waals surface area contributed by atoms with E-state index in [0.29, 0.717) is 0 Å². The van der Waals surface area contributed by atoms with Crippen molar-refractivity contribution in [2.45, 2.75) is 53.8 Å². The van der Waals surface area contributed by atoms with E-state index < -0.39 is 53.8 Å². The molecule has 0 rings (SSSR count). The summed E-state index contributed by atoms with van der Waals surface area (Å²) >= 11 is 1.10. The van der Waals surface area contributed by atoms with Crippen LogP contribution in [0.2, 0.25) is 0 Å². The zero-order valence-corrected chi connectivity index (χ0v) is 11.7. The average molecular weight is 434 g/mol. The minimum atomic E-state index is -6.38. The Morgan fingerprint density at radius 3 is 1.40 bits per heavy atom. The fourth-order valence-electron chi connectivity index (χ4n) is 1.35. The molecule has 0 nitrogen and oxygen atoms in total. The van der Waals surface area contributed by atoms with E-state index in [1.54, 1.807) is 0 Å². The molecule has 0 N–H and O–H groups in total. The SMILES string of the molecule is FC(I)CC(F)CC(F)CC(F)(C(F)(F)F)C(F)(F)F. The first-order valence-corrected chi connectivity index (χ1v) is 6.34. The van der Waals surface area contributed by atoms with Crippen molar-refractivity contribution >= 4 is 22.6 Å². The molecular weight excluding hydrogens is 425 g/mol. The van der Waals surface area contributed by atoms with Gasteiger partial charge in [0, 0.05) is 19.3 Å². The number of alkyl halides is 11. The highest BCUT2D eigenvalue weighted by Gasteiger charge is 2.72. The van der Waals surface area contributed by atoms with Crippen LogP contribution in [0.3, 0.4) is 0 Å². The molecule has 0 aromatic rings. The van der Waals surface area contributed by atoms with Crippen molar-refractivity contribution in [1.29, 1.82) is 0 Å². The second-order valence-electron chi connectivity index (χ2n) is 4.06. The Kier molecular flexibility index (Phi) is 6.87. The summed E-state index contributed by atoms with van der Waals surface area (Å²) in [6.07, 6.45) is -23.1. The zero-order chi connectivity index (χ0) is 16.4. The fraction of sp³-hybridized carbons (Fsp3) is 1.00. The molecule has 0 saturated carbocycles. The van der Waals surface area contributed by atoms with Crippen LogP contribution >= 0.6 is 22.6 Å². The number of halogens is 11. The van der Waals surface area contributed by atoms with Crippen LogP contribution in [0.1, 0.15) is 19.3 Å². The van der Waals surface area contributed by atoms with E-state index in [0.717, 1.165) is 22.6 Å². The molecule has 0 fully saturated rings. The van der Waals surface area contributed by atoms with Crippen LogP contribution in [-0.2, 0) is 0 Å². The van der Waals surface area contributed by atoms with Gasteiger partial charge in [-0.15, -0.1) is 0 Å². The van der Waals surface area contributed by atoms with Gasteiger partial charge in [0.05, 0.1) is 0 Å². The molecule has 3 atom stereocenters. The quantitative estimate of drug-likeness (QED) is 0.299. The van der Waals surface area contributed by atoms with Gasteiger partial charge >= 0.3 is 18.0 Å². The molecule has 11 heteroatoms. The van der Waals surface area contributed by atoms with Crippen molar-refractivity contribution in [3.8, 4) is 0 Å². The third-order valence-electron chi connectivity index (χ3n) is 2.35. The topological polar surface area (TPSA) is 0 Å². The maximum atomic E-state index is 13.1. The van der Waals surface area contributed by atoms with Gasteiger partial charge in [0.2, 0.25) is 0 Å². The molecule has 0 aliphatic heterocycles. The van der Waals surface area contributed by atoms with E-state index in [-0.39, 0.29) is 0 Å². The third-order valence-corrected chi connectivity index (χ3v) is 2.86. The van der Waals surface area contributed by atoms with Crippen LogP contribution in [0.4, 0.5) is 43.9 Å². The van der Waals surface area contributed by atoms with Crippen LogP contribution < -0.4 is 0 Å². The van der Waals surface area contributed by atoms with Crippen molar-refractivity contribution < 1.29 is 43.9 Å². The number of hydrogen-bond acceptors (Lipinski definition) is 0. The highest BCUT2D eigenvalue weighted by molar-refractivity contribution is 14.1. The van der Waals surface area contributed by atoms with Crippen LogP contribution in [0.25, 0.3) is 0 Å². The molecule has 0 aromatic heterocycles. The summed E-state index contributed by atoms with van der Waals surface area (Å²) in [6, 6.07) is 0. The van der Waals surface area contributed by atoms with E-state index in [4.69, 9.17) is 0 Å². The Balaban J connectivity index is 4.86. The highest BCUT2D eigenvalue weighted by Crippen LogP contribution is 2.49. The summed E-state index contributed by atoms with van der Waals surface area (Å²) in [5.74, 6) is 0. The maximum Gasteiger partial charge on any atom is 0.431 e. The molecule has 0 radical (unpaired) electrons. The van der Waals surface area contributed by atoms with E-state index in [2.05, 4.69) is 0 Å². The molecule has 0 heterocycles. The van der Waals surface area contributed by atoms with Crippen molar-refractivity contribution in [1.82, 2.24) is 0 Å². The summed E-state index contributed by atoms with van der Waals surface area (Å²) in [5.41, 5.74) is -5.77. The number of rotatable bonds is 6. The lowest BCUT2D eigenvalue weighted by Crippen LogP contribution is -2.54. The summed E-state index contributed by atoms with van der Waals surface area (Å²) in [6.45, 7) is 0. The molecule has 0 spiro atoms. The molecule has 122 valence electrons. The fourth-order valence-corrected chi connectivity index (χ4v) is 1.90. The molecule has 0 aromatic carbocycles. The normalized spacial score (nSPS) is 18.8. The van der Waals surface area contributed by atoms with E-state index in [1.165, 1.54) is 0 Å². The first kappa shape index (κ1) is 20.0. The van der Waals surface area contributed by atoms with Crippen molar-refractivity contribution in [3.05, 3.63) is 0 Å². The minimum absolute atomic E-state index is 0.904. The first-order valence-electron chi connectivity index (χ1n) is 5.09. The second kappa shape index (κ2) is 6.86. The van der Waals surface area contributed by atoms with Gasteiger partial charge < -0.3 is 0 Å². The van der Waals surface area contributed by atoms with Crippen LogP contribution in [0, 0.1) is 0 Å². The van der Waals surface area contributed by atoms with E-state index >= 15 is 0 Å².